The van der Waals surface area contributed by atoms with E-state index in [-0.39, 0.29) is 0 Å². The van der Waals surface area contributed by atoms with Gasteiger partial charge in [-0.05, 0) is 38.0 Å². The van der Waals surface area contributed by atoms with Gasteiger partial charge in [0.2, 0.25) is 0 Å². The van der Waals surface area contributed by atoms with Crippen LogP contribution >= 0.6 is 0 Å². The third-order valence-electron chi connectivity index (χ3n) is 1.77. The maximum absolute atomic E-state index is 5.73. The smallest absolute Gasteiger partial charge is 0.115 e. The van der Waals surface area contributed by atoms with Crippen LogP contribution in [0.2, 0.25) is 0 Å². The molecule has 0 fully saturated rings. The maximum atomic E-state index is 5.73. The zero-order valence-corrected chi connectivity index (χ0v) is 8.92. The first-order chi connectivity index (χ1) is 6.15. The minimum atomic E-state index is 0.791. The van der Waals surface area contributed by atoms with Crippen molar-refractivity contribution in [1.82, 2.24) is 0 Å². The van der Waals surface area contributed by atoms with Crippen molar-refractivity contribution in [2.45, 2.75) is 27.2 Å². The maximum Gasteiger partial charge on any atom is 0.115 e. The van der Waals surface area contributed by atoms with Gasteiger partial charge in [-0.25, -0.2) is 0 Å². The van der Waals surface area contributed by atoms with Crippen LogP contribution in [0, 0.1) is 0 Å². The quantitative estimate of drug-likeness (QED) is 0.534. The van der Waals surface area contributed by atoms with Crippen LogP contribution in [0.15, 0.2) is 35.3 Å². The summed E-state index contributed by atoms with van der Waals surface area (Å²) in [6, 6.07) is 0. The van der Waals surface area contributed by atoms with Crippen molar-refractivity contribution in [2.75, 3.05) is 7.11 Å². The topological polar surface area (TPSA) is 35.2 Å². The highest BCUT2D eigenvalue weighted by Crippen LogP contribution is 2.08. The summed E-state index contributed by atoms with van der Waals surface area (Å²) < 4.78 is 5.16. The van der Waals surface area contributed by atoms with Gasteiger partial charge in [0.1, 0.15) is 5.76 Å². The molecule has 0 aromatic carbocycles. The van der Waals surface area contributed by atoms with Crippen molar-refractivity contribution in [2.24, 2.45) is 5.73 Å². The Morgan fingerprint density at radius 2 is 2.08 bits per heavy atom. The second-order valence-corrected chi connectivity index (χ2v) is 2.79. The van der Waals surface area contributed by atoms with Crippen molar-refractivity contribution in [3.05, 3.63) is 35.3 Å². The minimum Gasteiger partial charge on any atom is -0.497 e. The molecule has 0 amide bonds. The van der Waals surface area contributed by atoms with Crippen molar-refractivity contribution in [3.63, 3.8) is 0 Å². The fourth-order valence-corrected chi connectivity index (χ4v) is 0.927. The molecule has 0 aromatic rings. The van der Waals surface area contributed by atoms with Gasteiger partial charge in [0.05, 0.1) is 7.11 Å². The Balaban J connectivity index is 4.61. The number of methoxy groups -OCH3 is 1. The van der Waals surface area contributed by atoms with Gasteiger partial charge in [0.15, 0.2) is 0 Å². The summed E-state index contributed by atoms with van der Waals surface area (Å²) in [4.78, 5) is 0. The molecule has 0 saturated heterocycles. The summed E-state index contributed by atoms with van der Waals surface area (Å²) in [5, 5.41) is 0. The SMILES string of the molecule is C\C=C(N)/C(C)=C\C(=C/CC)OC. The zero-order chi connectivity index (χ0) is 10.3. The number of hydrogen-bond acceptors (Lipinski definition) is 2. The normalized spacial score (nSPS) is 14.6. The molecule has 13 heavy (non-hydrogen) atoms. The third kappa shape index (κ3) is 4.41. The lowest BCUT2D eigenvalue weighted by Gasteiger charge is -2.03. The first-order valence-electron chi connectivity index (χ1n) is 4.50. The molecule has 0 spiro atoms. The summed E-state index contributed by atoms with van der Waals surface area (Å²) in [6.45, 7) is 5.96. The Morgan fingerprint density at radius 3 is 2.46 bits per heavy atom. The summed E-state index contributed by atoms with van der Waals surface area (Å²) in [5.41, 5.74) is 7.55. The Morgan fingerprint density at radius 1 is 1.46 bits per heavy atom. The summed E-state index contributed by atoms with van der Waals surface area (Å²) in [7, 11) is 1.66. The molecule has 0 saturated carbocycles. The molecule has 0 unspecified atom stereocenters. The van der Waals surface area contributed by atoms with Crippen molar-refractivity contribution in [3.8, 4) is 0 Å². The number of ether oxygens (including phenoxy) is 1. The van der Waals surface area contributed by atoms with E-state index in [1.807, 2.05) is 32.1 Å². The molecule has 0 aliphatic carbocycles. The monoisotopic (exact) mass is 181 g/mol. The van der Waals surface area contributed by atoms with Crippen LogP contribution in [-0.4, -0.2) is 7.11 Å². The van der Waals surface area contributed by atoms with E-state index in [0.717, 1.165) is 23.5 Å². The lowest BCUT2D eigenvalue weighted by Crippen LogP contribution is -1.98. The molecule has 2 heteroatoms. The molecule has 0 aliphatic rings. The highest BCUT2D eigenvalue weighted by Gasteiger charge is 1.94. The molecule has 0 atom stereocenters. The van der Waals surface area contributed by atoms with Gasteiger partial charge in [-0.2, -0.15) is 0 Å². The summed E-state index contributed by atoms with van der Waals surface area (Å²) >= 11 is 0. The van der Waals surface area contributed by atoms with Gasteiger partial charge in [0.25, 0.3) is 0 Å². The average molecular weight is 181 g/mol. The van der Waals surface area contributed by atoms with Gasteiger partial charge >= 0.3 is 0 Å². The van der Waals surface area contributed by atoms with Crippen molar-refractivity contribution in [1.29, 1.82) is 0 Å². The fourth-order valence-electron chi connectivity index (χ4n) is 0.927. The fraction of sp³-hybridized carbons (Fsp3) is 0.455. The van der Waals surface area contributed by atoms with E-state index in [4.69, 9.17) is 10.5 Å². The molecule has 0 heterocycles. The highest BCUT2D eigenvalue weighted by atomic mass is 16.5. The van der Waals surface area contributed by atoms with E-state index < -0.39 is 0 Å². The van der Waals surface area contributed by atoms with Crippen LogP contribution in [-0.2, 0) is 4.74 Å². The van der Waals surface area contributed by atoms with Crippen LogP contribution in [0.4, 0.5) is 0 Å². The van der Waals surface area contributed by atoms with Crippen LogP contribution in [0.1, 0.15) is 27.2 Å². The van der Waals surface area contributed by atoms with Crippen LogP contribution in [0.3, 0.4) is 0 Å². The predicted molar refractivity (Wildman–Crippen MR) is 57.1 cm³/mol. The molecular formula is C11H19NO. The lowest BCUT2D eigenvalue weighted by molar-refractivity contribution is 0.305. The third-order valence-corrected chi connectivity index (χ3v) is 1.77. The molecule has 0 radical (unpaired) electrons. The molecule has 2 nitrogen and oxygen atoms in total. The second-order valence-electron chi connectivity index (χ2n) is 2.79. The highest BCUT2D eigenvalue weighted by molar-refractivity contribution is 5.31. The van der Waals surface area contributed by atoms with Gasteiger partial charge in [-0.15, -0.1) is 0 Å². The van der Waals surface area contributed by atoms with Crippen molar-refractivity contribution >= 4 is 0 Å². The molecule has 2 N–H and O–H groups in total. The van der Waals surface area contributed by atoms with E-state index in [0.29, 0.717) is 0 Å². The molecule has 0 aromatic heterocycles. The van der Waals surface area contributed by atoms with Gasteiger partial charge in [0, 0.05) is 5.70 Å². The second kappa shape index (κ2) is 6.35. The van der Waals surface area contributed by atoms with Gasteiger partial charge in [-0.3, -0.25) is 0 Å². The predicted octanol–water partition coefficient (Wildman–Crippen LogP) is 2.74. The van der Waals surface area contributed by atoms with E-state index >= 15 is 0 Å². The largest absolute Gasteiger partial charge is 0.497 e. The average Bonchev–Trinajstić information content (AvgIpc) is 2.15. The standard InChI is InChI=1S/C11H19NO/c1-5-7-10(13-4)8-9(3)11(12)6-2/h6-8H,5,12H2,1-4H3/b9-8-,10-7+,11-6+. The van der Waals surface area contributed by atoms with E-state index in [1.54, 1.807) is 7.11 Å². The van der Waals surface area contributed by atoms with Crippen LogP contribution in [0.25, 0.3) is 0 Å². The van der Waals surface area contributed by atoms with Gasteiger partial charge < -0.3 is 10.5 Å². The molecule has 0 bridgehead atoms. The van der Waals surface area contributed by atoms with E-state index in [2.05, 4.69) is 6.92 Å². The number of allylic oxidation sites excluding steroid dienone is 4. The van der Waals surface area contributed by atoms with E-state index in [1.165, 1.54) is 0 Å². The Bertz CT molecular complexity index is 236. The van der Waals surface area contributed by atoms with Crippen molar-refractivity contribution < 1.29 is 4.74 Å². The first kappa shape index (κ1) is 11.8. The lowest BCUT2D eigenvalue weighted by atomic mass is 10.2. The molecular weight excluding hydrogens is 162 g/mol. The van der Waals surface area contributed by atoms with Crippen LogP contribution < -0.4 is 5.73 Å². The number of rotatable bonds is 4. The summed E-state index contributed by atoms with van der Waals surface area (Å²) in [6.07, 6.45) is 6.80. The molecule has 0 aliphatic heterocycles. The first-order valence-corrected chi connectivity index (χ1v) is 4.50. The van der Waals surface area contributed by atoms with Crippen LogP contribution in [0.5, 0.6) is 0 Å². The number of nitrogens with two attached hydrogens (primary N) is 1. The summed E-state index contributed by atoms with van der Waals surface area (Å²) in [5.74, 6) is 0.866. The Kier molecular flexibility index (Phi) is 5.77. The minimum absolute atomic E-state index is 0.791. The Labute approximate surface area is 80.8 Å². The molecule has 0 rings (SSSR count). The zero-order valence-electron chi connectivity index (χ0n) is 8.92. The van der Waals surface area contributed by atoms with Gasteiger partial charge in [-0.1, -0.05) is 13.0 Å². The van der Waals surface area contributed by atoms with E-state index in [9.17, 15) is 0 Å². The molecule has 74 valence electrons. The number of hydrogen-bond donors (Lipinski definition) is 1. The Hall–Kier alpha value is -1.18.